The molecule has 1 aromatic rings. The molecule has 7 heteroatoms. The molecule has 1 saturated carbocycles. The molecule has 1 heterocycles. The number of amidine groups is 1. The molecular weight excluding hydrogens is 294 g/mol. The third-order valence-electron chi connectivity index (χ3n) is 3.94. The number of nitrogens with two attached hydrogens (primary N) is 1. The summed E-state index contributed by atoms with van der Waals surface area (Å²) in [7, 11) is 1.41. The first-order chi connectivity index (χ1) is 10.7. The van der Waals surface area contributed by atoms with E-state index in [9.17, 15) is 4.79 Å². The summed E-state index contributed by atoms with van der Waals surface area (Å²) in [6.45, 7) is 5.49. The van der Waals surface area contributed by atoms with E-state index in [0.29, 0.717) is 30.2 Å². The standard InChI is InChI=1S/C16H23N5O2/c1-9(17)5-12(18)20-13-6-10(2)19-14(21-13)11-7-16(3,8-11)15(22)23-4/h5-6,11H,7-8,17H2,1-4H3,(H2,18,19,20,21)/b9-5-. The Labute approximate surface area is 135 Å². The second-order valence-corrected chi connectivity index (χ2v) is 6.34. The van der Waals surface area contributed by atoms with Crippen molar-refractivity contribution in [3.05, 3.63) is 29.4 Å². The van der Waals surface area contributed by atoms with Gasteiger partial charge in [0.1, 0.15) is 17.5 Å². The molecule has 1 aliphatic rings. The summed E-state index contributed by atoms with van der Waals surface area (Å²) >= 11 is 0. The molecule has 0 atom stereocenters. The van der Waals surface area contributed by atoms with Crippen molar-refractivity contribution >= 4 is 17.6 Å². The van der Waals surface area contributed by atoms with Gasteiger partial charge in [-0.15, -0.1) is 0 Å². The number of hydrogen-bond acceptors (Lipinski definition) is 6. The van der Waals surface area contributed by atoms with E-state index in [1.807, 2.05) is 13.8 Å². The minimum atomic E-state index is -0.452. The van der Waals surface area contributed by atoms with E-state index in [1.165, 1.54) is 13.2 Å². The predicted octanol–water partition coefficient (Wildman–Crippen LogP) is 2.09. The molecule has 0 aliphatic heterocycles. The van der Waals surface area contributed by atoms with Crippen molar-refractivity contribution in [2.45, 2.75) is 39.5 Å². The van der Waals surface area contributed by atoms with Gasteiger partial charge in [-0.3, -0.25) is 10.2 Å². The summed E-state index contributed by atoms with van der Waals surface area (Å²) in [6, 6.07) is 1.77. The van der Waals surface area contributed by atoms with Crippen LogP contribution in [-0.4, -0.2) is 28.9 Å². The first kappa shape index (κ1) is 16.9. The van der Waals surface area contributed by atoms with Crippen LogP contribution in [0.25, 0.3) is 0 Å². The number of anilines is 1. The molecule has 1 fully saturated rings. The third-order valence-corrected chi connectivity index (χ3v) is 3.94. The van der Waals surface area contributed by atoms with Crippen molar-refractivity contribution in [2.24, 2.45) is 11.1 Å². The minimum absolute atomic E-state index is 0.125. The Morgan fingerprint density at radius 2 is 2.17 bits per heavy atom. The van der Waals surface area contributed by atoms with Crippen molar-refractivity contribution in [3.63, 3.8) is 0 Å². The van der Waals surface area contributed by atoms with Crippen molar-refractivity contribution in [3.8, 4) is 0 Å². The van der Waals surface area contributed by atoms with Gasteiger partial charge in [0.25, 0.3) is 0 Å². The number of nitrogens with zero attached hydrogens (tertiary/aromatic N) is 2. The summed E-state index contributed by atoms with van der Waals surface area (Å²) < 4.78 is 4.84. The SMILES string of the molecule is COC(=O)C1(C)CC(c2nc(C)cc(NC(=N)/C=C(/C)N)n2)C1. The molecule has 1 aromatic heterocycles. The molecule has 0 aromatic carbocycles. The van der Waals surface area contributed by atoms with Gasteiger partial charge in [0.15, 0.2) is 0 Å². The van der Waals surface area contributed by atoms with E-state index in [2.05, 4.69) is 15.3 Å². The lowest BCUT2D eigenvalue weighted by atomic mass is 9.63. The Hall–Kier alpha value is -2.44. The number of methoxy groups -OCH3 is 1. The smallest absolute Gasteiger partial charge is 0.311 e. The number of aryl methyl sites for hydroxylation is 1. The van der Waals surface area contributed by atoms with E-state index in [-0.39, 0.29) is 17.7 Å². The van der Waals surface area contributed by atoms with Gasteiger partial charge >= 0.3 is 5.97 Å². The van der Waals surface area contributed by atoms with Crippen molar-refractivity contribution < 1.29 is 9.53 Å². The van der Waals surface area contributed by atoms with Gasteiger partial charge in [-0.1, -0.05) is 0 Å². The van der Waals surface area contributed by atoms with Crippen molar-refractivity contribution in [1.82, 2.24) is 9.97 Å². The second kappa shape index (κ2) is 6.36. The lowest BCUT2D eigenvalue weighted by molar-refractivity contribution is -0.158. The van der Waals surface area contributed by atoms with Crippen LogP contribution in [0, 0.1) is 17.7 Å². The third kappa shape index (κ3) is 3.85. The number of allylic oxidation sites excluding steroid dienone is 1. The van der Waals surface area contributed by atoms with Crippen LogP contribution in [-0.2, 0) is 9.53 Å². The molecular formula is C16H23N5O2. The highest BCUT2D eigenvalue weighted by Crippen LogP contribution is 2.50. The summed E-state index contributed by atoms with van der Waals surface area (Å²) in [5, 5.41) is 10.7. The maximum Gasteiger partial charge on any atom is 0.311 e. The lowest BCUT2D eigenvalue weighted by Crippen LogP contribution is -2.41. The molecule has 0 bridgehead atoms. The Kier molecular flexibility index (Phi) is 4.68. The maximum absolute atomic E-state index is 11.8. The van der Waals surface area contributed by atoms with Crippen LogP contribution >= 0.6 is 0 Å². The van der Waals surface area contributed by atoms with Crippen molar-refractivity contribution in [2.75, 3.05) is 12.4 Å². The fourth-order valence-corrected chi connectivity index (χ4v) is 2.86. The zero-order valence-electron chi connectivity index (χ0n) is 13.9. The number of rotatable bonds is 4. The van der Waals surface area contributed by atoms with Gasteiger partial charge < -0.3 is 15.8 Å². The molecule has 7 nitrogen and oxygen atoms in total. The fraction of sp³-hybridized carbons (Fsp3) is 0.500. The highest BCUT2D eigenvalue weighted by Gasteiger charge is 2.48. The van der Waals surface area contributed by atoms with Crippen LogP contribution in [0.1, 0.15) is 44.1 Å². The monoisotopic (exact) mass is 317 g/mol. The Bertz CT molecular complexity index is 658. The number of ether oxygens (including phenoxy) is 1. The minimum Gasteiger partial charge on any atom is -0.469 e. The predicted molar refractivity (Wildman–Crippen MR) is 88.2 cm³/mol. The maximum atomic E-state index is 11.8. The number of carbonyl (C=O) groups excluding carboxylic acids is 1. The van der Waals surface area contributed by atoms with Gasteiger partial charge in [-0.05, 0) is 39.7 Å². The van der Waals surface area contributed by atoms with E-state index in [0.717, 1.165) is 5.69 Å². The van der Waals surface area contributed by atoms with Gasteiger partial charge in [0.2, 0.25) is 0 Å². The van der Waals surface area contributed by atoms with E-state index in [4.69, 9.17) is 15.9 Å². The first-order valence-corrected chi connectivity index (χ1v) is 7.47. The zero-order chi connectivity index (χ0) is 17.2. The van der Waals surface area contributed by atoms with E-state index in [1.54, 1.807) is 13.0 Å². The number of esters is 1. The second-order valence-electron chi connectivity index (χ2n) is 6.34. The molecule has 23 heavy (non-hydrogen) atoms. The fourth-order valence-electron chi connectivity index (χ4n) is 2.86. The normalized spacial score (nSPS) is 23.8. The Morgan fingerprint density at radius 3 is 2.74 bits per heavy atom. The molecule has 1 aliphatic carbocycles. The summed E-state index contributed by atoms with van der Waals surface area (Å²) in [5.41, 5.74) is 6.46. The molecule has 0 unspecified atom stereocenters. The highest BCUT2D eigenvalue weighted by molar-refractivity contribution is 6.01. The molecule has 0 saturated heterocycles. The van der Waals surface area contributed by atoms with E-state index >= 15 is 0 Å². The topological polar surface area (TPSA) is 114 Å². The van der Waals surface area contributed by atoms with Gasteiger partial charge in [0.05, 0.1) is 12.5 Å². The first-order valence-electron chi connectivity index (χ1n) is 7.47. The van der Waals surface area contributed by atoms with Crippen LogP contribution in [0.15, 0.2) is 17.8 Å². The highest BCUT2D eigenvalue weighted by atomic mass is 16.5. The van der Waals surface area contributed by atoms with Crippen molar-refractivity contribution in [1.29, 1.82) is 5.41 Å². The molecule has 0 spiro atoms. The van der Waals surface area contributed by atoms with Crippen LogP contribution in [0.2, 0.25) is 0 Å². The van der Waals surface area contributed by atoms with Crippen LogP contribution in [0.3, 0.4) is 0 Å². The van der Waals surface area contributed by atoms with Gasteiger partial charge in [0, 0.05) is 23.4 Å². The number of aromatic nitrogens is 2. The summed E-state index contributed by atoms with van der Waals surface area (Å²) in [4.78, 5) is 20.7. The Balaban J connectivity index is 2.12. The van der Waals surface area contributed by atoms with Crippen LogP contribution < -0.4 is 11.1 Å². The van der Waals surface area contributed by atoms with E-state index < -0.39 is 5.41 Å². The molecule has 2 rings (SSSR count). The average Bonchev–Trinajstić information content (AvgIpc) is 2.41. The number of nitrogens with one attached hydrogen (secondary N) is 2. The average molecular weight is 317 g/mol. The lowest BCUT2D eigenvalue weighted by Gasteiger charge is -2.41. The van der Waals surface area contributed by atoms with Gasteiger partial charge in [-0.2, -0.15) is 0 Å². The quantitative estimate of drug-likeness (QED) is 0.445. The molecule has 0 amide bonds. The Morgan fingerprint density at radius 1 is 1.52 bits per heavy atom. The zero-order valence-corrected chi connectivity index (χ0v) is 13.9. The largest absolute Gasteiger partial charge is 0.469 e. The van der Waals surface area contributed by atoms with Crippen LogP contribution in [0.4, 0.5) is 5.82 Å². The summed E-state index contributed by atoms with van der Waals surface area (Å²) in [6.07, 6.45) is 2.86. The number of carbonyl (C=O) groups is 1. The number of hydrogen-bond donors (Lipinski definition) is 3. The molecule has 0 radical (unpaired) electrons. The molecule has 4 N–H and O–H groups in total. The van der Waals surface area contributed by atoms with Gasteiger partial charge in [-0.25, -0.2) is 9.97 Å². The summed E-state index contributed by atoms with van der Waals surface area (Å²) in [5.74, 6) is 1.35. The molecule has 124 valence electrons. The van der Waals surface area contributed by atoms with Crippen LogP contribution in [0.5, 0.6) is 0 Å².